The number of hydrogen-bond acceptors (Lipinski definition) is 3. The Morgan fingerprint density at radius 3 is 1.83 bits per heavy atom. The molecule has 0 heterocycles. The molecular weight excluding hydrogens is 372 g/mol. The van der Waals surface area contributed by atoms with Crippen molar-refractivity contribution in [2.75, 3.05) is 7.11 Å². The zero-order valence-corrected chi connectivity index (χ0v) is 18.3. The van der Waals surface area contributed by atoms with E-state index in [-0.39, 0.29) is 22.6 Å². The van der Waals surface area contributed by atoms with Crippen molar-refractivity contribution < 1.29 is 14.3 Å². The average molecular weight is 401 g/mol. The normalized spacial score (nSPS) is 16.7. The highest BCUT2D eigenvalue weighted by Gasteiger charge is 2.37. The molecule has 0 spiro atoms. The summed E-state index contributed by atoms with van der Waals surface area (Å²) in [4.78, 5) is 25.1. The predicted octanol–water partition coefficient (Wildman–Crippen LogP) is 6.21. The number of carbonyl (C=O) groups is 2. The van der Waals surface area contributed by atoms with Crippen molar-refractivity contribution in [3.05, 3.63) is 82.4 Å². The lowest BCUT2D eigenvalue weighted by molar-refractivity contribution is 0.0600. The fourth-order valence-corrected chi connectivity index (χ4v) is 4.53. The molecule has 30 heavy (non-hydrogen) atoms. The van der Waals surface area contributed by atoms with Gasteiger partial charge < -0.3 is 4.74 Å². The van der Waals surface area contributed by atoms with Crippen LogP contribution >= 0.6 is 0 Å². The van der Waals surface area contributed by atoms with Gasteiger partial charge in [-0.15, -0.1) is 0 Å². The molecule has 0 N–H and O–H groups in total. The number of esters is 1. The number of fused-ring (bicyclic) bond motifs is 2. The maximum atomic E-state index is 13.3. The van der Waals surface area contributed by atoms with E-state index in [1.54, 1.807) is 12.1 Å². The van der Waals surface area contributed by atoms with Crippen LogP contribution in [0.3, 0.4) is 0 Å². The molecule has 3 aromatic rings. The van der Waals surface area contributed by atoms with Crippen LogP contribution in [0.1, 0.15) is 77.9 Å². The molecule has 0 radical (unpaired) electrons. The predicted molar refractivity (Wildman–Crippen MR) is 120 cm³/mol. The molecular formula is C27H28O3. The van der Waals surface area contributed by atoms with Gasteiger partial charge >= 0.3 is 5.97 Å². The van der Waals surface area contributed by atoms with Gasteiger partial charge in [-0.3, -0.25) is 4.79 Å². The maximum Gasteiger partial charge on any atom is 0.337 e. The summed E-state index contributed by atoms with van der Waals surface area (Å²) in [7, 11) is 1.37. The van der Waals surface area contributed by atoms with Crippen LogP contribution in [0.5, 0.6) is 0 Å². The van der Waals surface area contributed by atoms with E-state index in [4.69, 9.17) is 4.74 Å². The molecule has 0 aliphatic heterocycles. The Morgan fingerprint density at radius 1 is 0.700 bits per heavy atom. The molecule has 1 aliphatic rings. The van der Waals surface area contributed by atoms with Crippen LogP contribution in [0.15, 0.2) is 54.6 Å². The van der Waals surface area contributed by atoms with Crippen LogP contribution < -0.4 is 0 Å². The first-order valence-electron chi connectivity index (χ1n) is 10.4. The number of ether oxygens (including phenoxy) is 1. The second-order valence-electron chi connectivity index (χ2n) is 9.63. The largest absolute Gasteiger partial charge is 0.465 e. The van der Waals surface area contributed by atoms with Crippen LogP contribution in [0.2, 0.25) is 0 Å². The lowest BCUT2D eigenvalue weighted by atomic mass is 9.63. The molecule has 3 nitrogen and oxygen atoms in total. The van der Waals surface area contributed by atoms with E-state index in [9.17, 15) is 9.59 Å². The Hall–Kier alpha value is -2.94. The number of methoxy groups -OCH3 is 1. The standard InChI is InChI=1S/C27H28O3/c1-26(2)12-13-27(3,4)23-16-20(10-11-22(23)26)24(28)19-8-6-18-15-21(25(29)30-5)9-7-17(18)14-19/h6-11,14-16H,12-13H2,1-5H3. The van der Waals surface area contributed by atoms with E-state index < -0.39 is 0 Å². The van der Waals surface area contributed by atoms with Gasteiger partial charge in [-0.05, 0) is 69.8 Å². The average Bonchev–Trinajstić information content (AvgIpc) is 2.75. The summed E-state index contributed by atoms with van der Waals surface area (Å²) >= 11 is 0. The topological polar surface area (TPSA) is 43.4 Å². The number of ketones is 1. The van der Waals surface area contributed by atoms with Gasteiger partial charge in [-0.25, -0.2) is 4.79 Å². The molecule has 0 saturated heterocycles. The van der Waals surface area contributed by atoms with Gasteiger partial charge in [0.15, 0.2) is 5.78 Å². The van der Waals surface area contributed by atoms with Crippen molar-refractivity contribution in [3.8, 4) is 0 Å². The smallest absolute Gasteiger partial charge is 0.337 e. The van der Waals surface area contributed by atoms with Gasteiger partial charge in [0.1, 0.15) is 0 Å². The van der Waals surface area contributed by atoms with Crippen molar-refractivity contribution in [1.29, 1.82) is 0 Å². The van der Waals surface area contributed by atoms with Gasteiger partial charge in [-0.1, -0.05) is 58.0 Å². The molecule has 4 rings (SSSR count). The van der Waals surface area contributed by atoms with E-state index in [1.807, 2.05) is 30.3 Å². The third kappa shape index (κ3) is 3.43. The third-order valence-corrected chi connectivity index (χ3v) is 6.64. The van der Waals surface area contributed by atoms with Crippen molar-refractivity contribution in [2.45, 2.75) is 51.4 Å². The quantitative estimate of drug-likeness (QED) is 0.388. The minimum atomic E-state index is -0.364. The van der Waals surface area contributed by atoms with Crippen LogP contribution in [0.4, 0.5) is 0 Å². The minimum Gasteiger partial charge on any atom is -0.465 e. The van der Waals surface area contributed by atoms with Gasteiger partial charge in [-0.2, -0.15) is 0 Å². The van der Waals surface area contributed by atoms with Crippen LogP contribution in [0, 0.1) is 0 Å². The Kier molecular flexibility index (Phi) is 4.80. The van der Waals surface area contributed by atoms with Gasteiger partial charge in [0.25, 0.3) is 0 Å². The Balaban J connectivity index is 1.73. The molecule has 0 amide bonds. The first kappa shape index (κ1) is 20.3. The first-order valence-corrected chi connectivity index (χ1v) is 10.4. The minimum absolute atomic E-state index is 0.0240. The van der Waals surface area contributed by atoms with Crippen LogP contribution in [0.25, 0.3) is 10.8 Å². The Morgan fingerprint density at radius 2 is 1.20 bits per heavy atom. The van der Waals surface area contributed by atoms with Crippen molar-refractivity contribution in [2.24, 2.45) is 0 Å². The fourth-order valence-electron chi connectivity index (χ4n) is 4.53. The lowest BCUT2D eigenvalue weighted by Gasteiger charge is -2.42. The molecule has 0 aromatic heterocycles. The zero-order chi connectivity index (χ0) is 21.7. The molecule has 0 saturated carbocycles. The molecule has 154 valence electrons. The monoisotopic (exact) mass is 400 g/mol. The highest BCUT2D eigenvalue weighted by atomic mass is 16.5. The molecule has 3 heteroatoms. The molecule has 0 unspecified atom stereocenters. The van der Waals surface area contributed by atoms with Crippen LogP contribution in [-0.2, 0) is 15.6 Å². The van der Waals surface area contributed by atoms with E-state index in [0.717, 1.165) is 29.2 Å². The second-order valence-corrected chi connectivity index (χ2v) is 9.63. The van der Waals surface area contributed by atoms with Crippen LogP contribution in [-0.4, -0.2) is 18.9 Å². The van der Waals surface area contributed by atoms with Gasteiger partial charge in [0.05, 0.1) is 12.7 Å². The SMILES string of the molecule is COC(=O)c1ccc2cc(C(=O)c3ccc4c(c3)C(C)(C)CCC4(C)C)ccc2c1. The van der Waals surface area contributed by atoms with E-state index in [0.29, 0.717) is 11.1 Å². The summed E-state index contributed by atoms with van der Waals surface area (Å²) in [5, 5.41) is 1.83. The highest BCUT2D eigenvalue weighted by molar-refractivity contribution is 6.11. The van der Waals surface area contributed by atoms with Gasteiger partial charge in [0.2, 0.25) is 0 Å². The molecule has 1 aliphatic carbocycles. The number of rotatable bonds is 3. The van der Waals surface area contributed by atoms with Crippen molar-refractivity contribution >= 4 is 22.5 Å². The first-order chi connectivity index (χ1) is 14.1. The van der Waals surface area contributed by atoms with Gasteiger partial charge in [0, 0.05) is 11.1 Å². The van der Waals surface area contributed by atoms with Crippen molar-refractivity contribution in [3.63, 3.8) is 0 Å². The molecule has 0 atom stereocenters. The Bertz CT molecular complexity index is 1170. The molecule has 0 fully saturated rings. The third-order valence-electron chi connectivity index (χ3n) is 6.64. The number of carbonyl (C=O) groups excluding carboxylic acids is 2. The molecule has 3 aromatic carbocycles. The number of benzene rings is 3. The highest BCUT2D eigenvalue weighted by Crippen LogP contribution is 2.46. The summed E-state index contributed by atoms with van der Waals surface area (Å²) < 4.78 is 4.79. The van der Waals surface area contributed by atoms with Crippen molar-refractivity contribution in [1.82, 2.24) is 0 Å². The van der Waals surface area contributed by atoms with E-state index in [1.165, 1.54) is 18.2 Å². The number of hydrogen-bond donors (Lipinski definition) is 0. The Labute approximate surface area is 178 Å². The maximum absolute atomic E-state index is 13.3. The summed E-state index contributed by atoms with van der Waals surface area (Å²) in [6.07, 6.45) is 2.27. The molecule has 0 bridgehead atoms. The fraction of sp³-hybridized carbons (Fsp3) is 0.333. The van der Waals surface area contributed by atoms with E-state index >= 15 is 0 Å². The second kappa shape index (κ2) is 7.09. The van der Waals surface area contributed by atoms with E-state index in [2.05, 4.69) is 39.8 Å². The lowest BCUT2D eigenvalue weighted by Crippen LogP contribution is -2.34. The summed E-state index contributed by atoms with van der Waals surface area (Å²) in [5.74, 6) is -0.340. The summed E-state index contributed by atoms with van der Waals surface area (Å²) in [6.45, 7) is 9.11. The summed E-state index contributed by atoms with van der Waals surface area (Å²) in [6, 6.07) is 17.2. The summed E-state index contributed by atoms with van der Waals surface area (Å²) in [5.41, 5.74) is 4.72. The zero-order valence-electron chi connectivity index (χ0n) is 18.3.